The maximum atomic E-state index is 12.1. The minimum absolute atomic E-state index is 0.106. The Kier molecular flexibility index (Phi) is 8.14. The van der Waals surface area contributed by atoms with Crippen LogP contribution in [0.4, 0.5) is 0 Å². The molecular formula is C31H39NO7. The Balaban J connectivity index is 1.68. The lowest BCUT2D eigenvalue weighted by molar-refractivity contribution is -0.175. The molecule has 4 bridgehead atoms. The lowest BCUT2D eigenvalue weighted by Crippen LogP contribution is -2.61. The van der Waals surface area contributed by atoms with Gasteiger partial charge in [-0.25, -0.2) is 0 Å². The monoisotopic (exact) mass is 537 g/mol. The van der Waals surface area contributed by atoms with Gasteiger partial charge < -0.3 is 24.1 Å². The minimum Gasteiger partial charge on any atom is -0.496 e. The molecule has 1 N–H and O–H groups in total. The molecule has 0 radical (unpaired) electrons. The van der Waals surface area contributed by atoms with Crippen LogP contribution in [0.1, 0.15) is 69.5 Å². The van der Waals surface area contributed by atoms with Gasteiger partial charge in [0, 0.05) is 49.5 Å². The zero-order chi connectivity index (χ0) is 27.7. The molecule has 2 fully saturated rings. The van der Waals surface area contributed by atoms with Crippen LogP contribution in [0.15, 0.2) is 36.4 Å². The van der Waals surface area contributed by atoms with E-state index in [2.05, 4.69) is 29.2 Å². The Morgan fingerprint density at radius 1 is 0.872 bits per heavy atom. The van der Waals surface area contributed by atoms with Crippen LogP contribution in [-0.4, -0.2) is 66.6 Å². The molecule has 3 heterocycles. The Morgan fingerprint density at radius 2 is 1.56 bits per heavy atom. The van der Waals surface area contributed by atoms with Crippen molar-refractivity contribution >= 4 is 11.9 Å². The SMILES string of the molecule is COc1ccc2cc1-c1cc(ccc1OC)[C@H]1C[C@@H](OC(C)=O)[C@@H](O)[C@@H]3CCC[C@H](C[C@H](OC(C)=O)CC2)N13. The fraction of sp³-hybridized carbons (Fsp3) is 0.548. The third-order valence-electron chi connectivity index (χ3n) is 8.53. The maximum absolute atomic E-state index is 12.1. The molecule has 2 saturated heterocycles. The maximum Gasteiger partial charge on any atom is 0.302 e. The van der Waals surface area contributed by atoms with Crippen LogP contribution in [0, 0.1) is 0 Å². The molecule has 8 heteroatoms. The van der Waals surface area contributed by atoms with Crippen LogP contribution >= 0.6 is 0 Å². The normalized spacial score (nSPS) is 28.5. The van der Waals surface area contributed by atoms with Crippen LogP contribution in [0.25, 0.3) is 11.1 Å². The van der Waals surface area contributed by atoms with Crippen molar-refractivity contribution in [3.63, 3.8) is 0 Å². The summed E-state index contributed by atoms with van der Waals surface area (Å²) in [6, 6.07) is 12.2. The molecule has 0 aliphatic carbocycles. The van der Waals surface area contributed by atoms with Gasteiger partial charge in [-0.15, -0.1) is 0 Å². The van der Waals surface area contributed by atoms with E-state index in [1.54, 1.807) is 14.2 Å². The summed E-state index contributed by atoms with van der Waals surface area (Å²) in [7, 11) is 3.33. The predicted octanol–water partition coefficient (Wildman–Crippen LogP) is 4.60. The van der Waals surface area contributed by atoms with Crippen molar-refractivity contribution in [3.05, 3.63) is 47.5 Å². The number of carbonyl (C=O) groups excluding carboxylic acids is 2. The number of ether oxygens (including phenoxy) is 4. The largest absolute Gasteiger partial charge is 0.496 e. The Morgan fingerprint density at radius 3 is 2.26 bits per heavy atom. The van der Waals surface area contributed by atoms with E-state index >= 15 is 0 Å². The Hall–Kier alpha value is -3.10. The molecule has 0 aromatic heterocycles. The first kappa shape index (κ1) is 27.5. The third-order valence-corrected chi connectivity index (χ3v) is 8.53. The number of rotatable bonds is 4. The molecule has 0 spiro atoms. The first-order valence-electron chi connectivity index (χ1n) is 13.9. The van der Waals surface area contributed by atoms with Gasteiger partial charge in [0.2, 0.25) is 0 Å². The van der Waals surface area contributed by atoms with Gasteiger partial charge in [0.15, 0.2) is 0 Å². The summed E-state index contributed by atoms with van der Waals surface area (Å²) < 4.78 is 23.1. The lowest BCUT2D eigenvalue weighted by atomic mass is 9.78. The molecule has 6 atom stereocenters. The number of fused-ring (bicyclic) bond motifs is 6. The zero-order valence-corrected chi connectivity index (χ0v) is 23.2. The molecule has 2 aromatic carbocycles. The molecule has 0 saturated carbocycles. The summed E-state index contributed by atoms with van der Waals surface area (Å²) in [4.78, 5) is 26.5. The van der Waals surface area contributed by atoms with Crippen molar-refractivity contribution in [2.45, 2.75) is 95.2 Å². The summed E-state index contributed by atoms with van der Waals surface area (Å²) in [6.07, 6.45) is 3.65. The summed E-state index contributed by atoms with van der Waals surface area (Å²) in [5.74, 6) is 0.803. The highest BCUT2D eigenvalue weighted by molar-refractivity contribution is 5.77. The first-order valence-corrected chi connectivity index (χ1v) is 13.9. The van der Waals surface area contributed by atoms with E-state index in [4.69, 9.17) is 18.9 Å². The van der Waals surface area contributed by atoms with Crippen LogP contribution < -0.4 is 9.47 Å². The molecule has 2 aromatic rings. The van der Waals surface area contributed by atoms with E-state index in [-0.39, 0.29) is 30.2 Å². The second-order valence-corrected chi connectivity index (χ2v) is 11.0. The van der Waals surface area contributed by atoms with Crippen molar-refractivity contribution in [1.82, 2.24) is 4.90 Å². The van der Waals surface area contributed by atoms with Crippen molar-refractivity contribution in [2.75, 3.05) is 14.2 Å². The fourth-order valence-corrected chi connectivity index (χ4v) is 6.93. The highest BCUT2D eigenvalue weighted by Crippen LogP contribution is 2.46. The number of benzene rings is 2. The van der Waals surface area contributed by atoms with Crippen molar-refractivity contribution in [2.24, 2.45) is 0 Å². The number of aliphatic hydroxyl groups excluding tert-OH is 1. The fourth-order valence-electron chi connectivity index (χ4n) is 6.93. The van der Waals surface area contributed by atoms with Gasteiger partial charge in [-0.05, 0) is 67.5 Å². The van der Waals surface area contributed by atoms with E-state index in [9.17, 15) is 14.7 Å². The average molecular weight is 538 g/mol. The standard InChI is InChI=1S/C31H39NO7/c1-18(33)38-23-11-8-20-9-12-28(36-3)24(14-20)25-15-21(10-13-29(25)37-4)27-17-30(39-19(2)34)31(35)26-7-5-6-22(16-23)32(26)27/h9-10,12-15,22-23,26-27,30-31,35H,5-8,11,16-17H2,1-4H3/t22-,23-,26+,27-,30-,31+/m1/s1. The van der Waals surface area contributed by atoms with Crippen molar-refractivity contribution in [1.29, 1.82) is 0 Å². The predicted molar refractivity (Wildman–Crippen MR) is 146 cm³/mol. The number of nitrogens with zero attached hydrogens (tertiary/aromatic N) is 1. The number of hydrogen-bond acceptors (Lipinski definition) is 8. The lowest BCUT2D eigenvalue weighted by Gasteiger charge is -2.54. The summed E-state index contributed by atoms with van der Waals surface area (Å²) in [5, 5.41) is 11.4. The third kappa shape index (κ3) is 5.63. The van der Waals surface area contributed by atoms with E-state index in [1.807, 2.05) is 12.1 Å². The van der Waals surface area contributed by atoms with Gasteiger partial charge in [0.1, 0.15) is 29.8 Å². The Bertz CT molecular complexity index is 1210. The quantitative estimate of drug-likeness (QED) is 0.566. The molecule has 39 heavy (non-hydrogen) atoms. The van der Waals surface area contributed by atoms with Gasteiger partial charge >= 0.3 is 11.9 Å². The van der Waals surface area contributed by atoms with Crippen molar-refractivity contribution < 1.29 is 33.6 Å². The number of esters is 2. The molecule has 3 aliphatic heterocycles. The molecule has 0 unspecified atom stereocenters. The Labute approximate surface area is 230 Å². The molecular weight excluding hydrogens is 498 g/mol. The number of aryl methyl sites for hydroxylation is 1. The number of hydrogen-bond donors (Lipinski definition) is 1. The molecule has 5 rings (SSSR count). The number of aliphatic hydroxyl groups is 1. The van der Waals surface area contributed by atoms with Crippen LogP contribution in [0.5, 0.6) is 11.5 Å². The van der Waals surface area contributed by atoms with Gasteiger partial charge in [-0.1, -0.05) is 18.6 Å². The highest BCUT2D eigenvalue weighted by Gasteiger charge is 2.49. The van der Waals surface area contributed by atoms with Crippen LogP contribution in [-0.2, 0) is 25.5 Å². The average Bonchev–Trinajstić information content (AvgIpc) is 2.92. The summed E-state index contributed by atoms with van der Waals surface area (Å²) >= 11 is 0. The van der Waals surface area contributed by atoms with Crippen molar-refractivity contribution in [3.8, 4) is 22.6 Å². The van der Waals surface area contributed by atoms with Gasteiger partial charge in [0.25, 0.3) is 0 Å². The van der Waals surface area contributed by atoms with E-state index in [0.29, 0.717) is 19.3 Å². The minimum atomic E-state index is -0.788. The molecule has 3 aliphatic rings. The molecule has 210 valence electrons. The van der Waals surface area contributed by atoms with Gasteiger partial charge in [-0.2, -0.15) is 0 Å². The van der Waals surface area contributed by atoms with E-state index < -0.39 is 18.2 Å². The van der Waals surface area contributed by atoms with E-state index in [1.165, 1.54) is 13.8 Å². The first-order chi connectivity index (χ1) is 18.8. The highest BCUT2D eigenvalue weighted by atomic mass is 16.6. The van der Waals surface area contributed by atoms with Gasteiger partial charge in [0.05, 0.1) is 14.2 Å². The smallest absolute Gasteiger partial charge is 0.302 e. The molecule has 8 nitrogen and oxygen atoms in total. The zero-order valence-electron chi connectivity index (χ0n) is 23.2. The van der Waals surface area contributed by atoms with Gasteiger partial charge in [-0.3, -0.25) is 14.5 Å². The second-order valence-electron chi connectivity index (χ2n) is 11.0. The number of methoxy groups -OCH3 is 2. The summed E-state index contributed by atoms with van der Waals surface area (Å²) in [6.45, 7) is 2.85. The van der Waals surface area contributed by atoms with Crippen LogP contribution in [0.2, 0.25) is 0 Å². The second kappa shape index (κ2) is 11.6. The topological polar surface area (TPSA) is 94.5 Å². The van der Waals surface area contributed by atoms with Crippen LogP contribution in [0.3, 0.4) is 0 Å². The molecule has 0 amide bonds. The number of carbonyl (C=O) groups is 2. The van der Waals surface area contributed by atoms with E-state index in [0.717, 1.165) is 59.4 Å². The summed E-state index contributed by atoms with van der Waals surface area (Å²) in [5.41, 5.74) is 4.03. The number of piperidine rings is 2.